The molecule has 5 nitrogen and oxygen atoms in total. The second-order valence-electron chi connectivity index (χ2n) is 4.17. The zero-order valence-corrected chi connectivity index (χ0v) is 10.7. The minimum Gasteiger partial charge on any atom is -0.370 e. The Kier molecular flexibility index (Phi) is 3.96. The summed E-state index contributed by atoms with van der Waals surface area (Å²) in [6.45, 7) is 0.680. The predicted octanol–water partition coefficient (Wildman–Crippen LogP) is 1.88. The van der Waals surface area contributed by atoms with Crippen molar-refractivity contribution in [3.8, 4) is 6.07 Å². The van der Waals surface area contributed by atoms with Crippen LogP contribution >= 0.6 is 0 Å². The van der Waals surface area contributed by atoms with E-state index in [4.69, 9.17) is 11.1 Å². The number of nitrogen functional groups attached to an aromatic ring is 1. The third-order valence-corrected chi connectivity index (χ3v) is 2.87. The van der Waals surface area contributed by atoms with Crippen LogP contribution in [-0.4, -0.2) is 12.0 Å². The highest BCUT2D eigenvalue weighted by molar-refractivity contribution is 5.51. The molecule has 0 radical (unpaired) electrons. The van der Waals surface area contributed by atoms with Crippen LogP contribution in [0, 0.1) is 11.3 Å². The van der Waals surface area contributed by atoms with Gasteiger partial charge in [0, 0.05) is 31.0 Å². The van der Waals surface area contributed by atoms with Crippen LogP contribution in [0.15, 0.2) is 42.6 Å². The minimum atomic E-state index is 0.655. The number of nitriles is 1. The van der Waals surface area contributed by atoms with Crippen molar-refractivity contribution in [3.63, 3.8) is 0 Å². The van der Waals surface area contributed by atoms with Gasteiger partial charge in [0.05, 0.1) is 11.6 Å². The number of nitrogens with two attached hydrogens (primary N) is 1. The minimum absolute atomic E-state index is 0.655. The van der Waals surface area contributed by atoms with Crippen LogP contribution in [0.5, 0.6) is 0 Å². The molecule has 0 aliphatic rings. The molecule has 0 fully saturated rings. The Bertz CT molecular complexity index is 586. The molecule has 5 heteroatoms. The number of nitrogens with zero attached hydrogens (tertiary/aromatic N) is 3. The van der Waals surface area contributed by atoms with Crippen LogP contribution in [0.3, 0.4) is 0 Å². The van der Waals surface area contributed by atoms with Gasteiger partial charge in [-0.05, 0) is 30.3 Å². The third-order valence-electron chi connectivity index (χ3n) is 2.87. The molecule has 3 N–H and O–H groups in total. The van der Waals surface area contributed by atoms with Crippen molar-refractivity contribution in [2.75, 3.05) is 17.4 Å². The van der Waals surface area contributed by atoms with Gasteiger partial charge in [0.1, 0.15) is 5.82 Å². The Labute approximate surface area is 112 Å². The van der Waals surface area contributed by atoms with Crippen molar-refractivity contribution in [1.29, 1.82) is 5.26 Å². The van der Waals surface area contributed by atoms with Gasteiger partial charge in [0.15, 0.2) is 0 Å². The van der Waals surface area contributed by atoms with Crippen molar-refractivity contribution in [2.45, 2.75) is 6.54 Å². The van der Waals surface area contributed by atoms with Gasteiger partial charge in [-0.3, -0.25) is 0 Å². The number of rotatable bonds is 4. The molecule has 0 saturated heterocycles. The summed E-state index contributed by atoms with van der Waals surface area (Å²) in [4.78, 5) is 6.23. The highest BCUT2D eigenvalue weighted by Crippen LogP contribution is 2.18. The highest BCUT2D eigenvalue weighted by atomic mass is 15.3. The summed E-state index contributed by atoms with van der Waals surface area (Å²) in [5, 5.41) is 8.78. The van der Waals surface area contributed by atoms with Crippen molar-refractivity contribution in [3.05, 3.63) is 53.7 Å². The molecule has 2 aromatic rings. The van der Waals surface area contributed by atoms with E-state index >= 15 is 0 Å². The Balaban J connectivity index is 2.16. The molecular weight excluding hydrogens is 238 g/mol. The van der Waals surface area contributed by atoms with Gasteiger partial charge in [-0.2, -0.15) is 5.26 Å². The number of hydrogen-bond donors (Lipinski definition) is 2. The topological polar surface area (TPSA) is 78.0 Å². The molecule has 0 aliphatic heterocycles. The highest BCUT2D eigenvalue weighted by Gasteiger charge is 2.06. The first-order valence-electron chi connectivity index (χ1n) is 5.86. The number of aromatic nitrogens is 1. The maximum absolute atomic E-state index is 8.78. The van der Waals surface area contributed by atoms with Gasteiger partial charge < -0.3 is 10.3 Å². The monoisotopic (exact) mass is 253 g/mol. The Morgan fingerprint density at radius 1 is 1.32 bits per heavy atom. The fourth-order valence-corrected chi connectivity index (χ4v) is 1.83. The fraction of sp³-hybridized carbons (Fsp3) is 0.143. The summed E-state index contributed by atoms with van der Waals surface area (Å²) in [6, 6.07) is 13.4. The molecule has 96 valence electrons. The van der Waals surface area contributed by atoms with E-state index in [9.17, 15) is 0 Å². The summed E-state index contributed by atoms with van der Waals surface area (Å²) in [5.74, 6) is 6.11. The average molecular weight is 253 g/mol. The molecule has 0 amide bonds. The lowest BCUT2D eigenvalue weighted by molar-refractivity contribution is 0.914. The van der Waals surface area contributed by atoms with E-state index in [-0.39, 0.29) is 0 Å². The molecule has 1 aromatic heterocycles. The molecule has 0 aliphatic carbocycles. The van der Waals surface area contributed by atoms with E-state index in [0.29, 0.717) is 17.9 Å². The summed E-state index contributed by atoms with van der Waals surface area (Å²) in [5.41, 5.74) is 5.29. The average Bonchev–Trinajstić information content (AvgIpc) is 2.48. The summed E-state index contributed by atoms with van der Waals surface area (Å²) < 4.78 is 0. The first-order valence-corrected chi connectivity index (χ1v) is 5.86. The molecule has 0 unspecified atom stereocenters. The fourth-order valence-electron chi connectivity index (χ4n) is 1.83. The molecule has 0 saturated carbocycles. The third kappa shape index (κ3) is 3.00. The number of hydrogen-bond acceptors (Lipinski definition) is 5. The van der Waals surface area contributed by atoms with E-state index in [0.717, 1.165) is 11.3 Å². The maximum atomic E-state index is 8.78. The SMILES string of the molecule is CN(Cc1cccnc1NN)c1ccc(C#N)cc1. The van der Waals surface area contributed by atoms with Crippen LogP contribution in [0.1, 0.15) is 11.1 Å². The molecule has 19 heavy (non-hydrogen) atoms. The van der Waals surface area contributed by atoms with Crippen LogP contribution in [-0.2, 0) is 6.54 Å². The molecule has 0 spiro atoms. The van der Waals surface area contributed by atoms with Gasteiger partial charge in [-0.25, -0.2) is 10.8 Å². The van der Waals surface area contributed by atoms with Crippen LogP contribution in [0.4, 0.5) is 11.5 Å². The first-order chi connectivity index (χ1) is 9.24. The predicted molar refractivity (Wildman–Crippen MR) is 75.3 cm³/mol. The van der Waals surface area contributed by atoms with E-state index in [1.54, 1.807) is 18.3 Å². The largest absolute Gasteiger partial charge is 0.370 e. The van der Waals surface area contributed by atoms with Crippen molar-refractivity contribution in [1.82, 2.24) is 4.98 Å². The van der Waals surface area contributed by atoms with E-state index in [1.165, 1.54) is 0 Å². The van der Waals surface area contributed by atoms with E-state index < -0.39 is 0 Å². The number of nitrogens with one attached hydrogen (secondary N) is 1. The summed E-state index contributed by atoms with van der Waals surface area (Å²) >= 11 is 0. The van der Waals surface area contributed by atoms with Crippen LogP contribution < -0.4 is 16.2 Å². The van der Waals surface area contributed by atoms with Crippen LogP contribution in [0.25, 0.3) is 0 Å². The summed E-state index contributed by atoms with van der Waals surface area (Å²) in [6.07, 6.45) is 1.69. The van der Waals surface area contributed by atoms with E-state index in [1.807, 2.05) is 31.3 Å². The maximum Gasteiger partial charge on any atom is 0.144 e. The molecule has 1 aromatic carbocycles. The number of hydrazine groups is 1. The molecule has 0 atom stereocenters. The van der Waals surface area contributed by atoms with Gasteiger partial charge in [-0.15, -0.1) is 0 Å². The van der Waals surface area contributed by atoms with Crippen molar-refractivity contribution in [2.24, 2.45) is 5.84 Å². The van der Waals surface area contributed by atoms with Crippen molar-refractivity contribution < 1.29 is 0 Å². The number of pyridine rings is 1. The zero-order valence-electron chi connectivity index (χ0n) is 10.7. The lowest BCUT2D eigenvalue weighted by Crippen LogP contribution is -2.19. The quantitative estimate of drug-likeness (QED) is 0.642. The van der Waals surface area contributed by atoms with Gasteiger partial charge >= 0.3 is 0 Å². The summed E-state index contributed by atoms with van der Waals surface area (Å²) in [7, 11) is 1.98. The normalized spacial score (nSPS) is 9.74. The lowest BCUT2D eigenvalue weighted by Gasteiger charge is -2.20. The van der Waals surface area contributed by atoms with Crippen molar-refractivity contribution >= 4 is 11.5 Å². The lowest BCUT2D eigenvalue weighted by atomic mass is 10.2. The van der Waals surface area contributed by atoms with Gasteiger partial charge in [0.25, 0.3) is 0 Å². The number of anilines is 2. The Morgan fingerprint density at radius 2 is 2.05 bits per heavy atom. The first kappa shape index (κ1) is 12.9. The molecule has 2 rings (SSSR count). The van der Waals surface area contributed by atoms with E-state index in [2.05, 4.69) is 21.4 Å². The molecule has 1 heterocycles. The zero-order chi connectivity index (χ0) is 13.7. The van der Waals surface area contributed by atoms with Gasteiger partial charge in [0.2, 0.25) is 0 Å². The van der Waals surface area contributed by atoms with Gasteiger partial charge in [-0.1, -0.05) is 6.07 Å². The van der Waals surface area contributed by atoms with Crippen LogP contribution in [0.2, 0.25) is 0 Å². The Hall–Kier alpha value is -2.58. The molecule has 0 bridgehead atoms. The Morgan fingerprint density at radius 3 is 2.68 bits per heavy atom. The standard InChI is InChI=1S/C14H15N5/c1-19(13-6-4-11(9-15)5-7-13)10-12-3-2-8-17-14(12)18-16/h2-8H,10,16H2,1H3,(H,17,18). The second kappa shape index (κ2) is 5.85. The second-order valence-corrected chi connectivity index (χ2v) is 4.17. The molecular formula is C14H15N5. The number of benzene rings is 1. The smallest absolute Gasteiger partial charge is 0.144 e.